The minimum atomic E-state index is -0.341. The summed E-state index contributed by atoms with van der Waals surface area (Å²) in [5, 5.41) is 3.47. The van der Waals surface area contributed by atoms with Crippen LogP contribution in [0.15, 0.2) is 42.5 Å². The van der Waals surface area contributed by atoms with Gasteiger partial charge in [-0.25, -0.2) is 0 Å². The van der Waals surface area contributed by atoms with Crippen LogP contribution in [0.1, 0.15) is 23.2 Å². The lowest BCUT2D eigenvalue weighted by molar-refractivity contribution is 0.102. The van der Waals surface area contributed by atoms with Crippen LogP contribution in [0.4, 0.5) is 5.69 Å². The van der Waals surface area contributed by atoms with E-state index in [9.17, 15) is 4.79 Å². The molecule has 6 heteroatoms. The van der Waals surface area contributed by atoms with Crippen molar-refractivity contribution in [1.82, 2.24) is 4.90 Å². The van der Waals surface area contributed by atoms with Crippen LogP contribution in [-0.4, -0.2) is 37.0 Å². The summed E-state index contributed by atoms with van der Waals surface area (Å²) in [6.45, 7) is 2.07. The highest BCUT2D eigenvalue weighted by Gasteiger charge is 2.18. The molecule has 3 rings (SSSR count). The fourth-order valence-corrected chi connectivity index (χ4v) is 3.42. The first-order valence-corrected chi connectivity index (χ1v) is 8.99. The summed E-state index contributed by atoms with van der Waals surface area (Å²) in [5.74, 6) is 0.407. The third-order valence-electron chi connectivity index (χ3n) is 4.25. The maximum atomic E-state index is 12.5. The monoisotopic (exact) mass is 378 g/mol. The summed E-state index contributed by atoms with van der Waals surface area (Å²) >= 11 is 12.2. The highest BCUT2D eigenvalue weighted by Crippen LogP contribution is 2.27. The predicted octanol–water partition coefficient (Wildman–Crippen LogP) is 4.72. The van der Waals surface area contributed by atoms with Crippen molar-refractivity contribution < 1.29 is 9.53 Å². The Kier molecular flexibility index (Phi) is 5.84. The smallest absolute Gasteiger partial charge is 0.258 e. The summed E-state index contributed by atoms with van der Waals surface area (Å²) in [7, 11) is 2.12. The Morgan fingerprint density at radius 2 is 1.76 bits per heavy atom. The van der Waals surface area contributed by atoms with E-state index in [0.717, 1.165) is 31.7 Å². The van der Waals surface area contributed by atoms with Crippen LogP contribution >= 0.6 is 23.2 Å². The number of carbonyl (C=O) groups is 1. The number of benzene rings is 2. The Balaban J connectivity index is 1.68. The molecular formula is C19H20Cl2N2O2. The molecule has 132 valence electrons. The van der Waals surface area contributed by atoms with Crippen molar-refractivity contribution in [2.75, 3.05) is 25.5 Å². The van der Waals surface area contributed by atoms with E-state index in [0.29, 0.717) is 15.7 Å². The molecule has 1 N–H and O–H groups in total. The lowest BCUT2D eigenvalue weighted by Gasteiger charge is -2.29. The number of carbonyl (C=O) groups excluding carboxylic acids is 1. The molecule has 25 heavy (non-hydrogen) atoms. The number of hydrogen-bond acceptors (Lipinski definition) is 3. The molecule has 0 aliphatic carbocycles. The number of piperidine rings is 1. The van der Waals surface area contributed by atoms with Gasteiger partial charge in [-0.2, -0.15) is 0 Å². The van der Waals surface area contributed by atoms with E-state index in [4.69, 9.17) is 27.9 Å². The van der Waals surface area contributed by atoms with E-state index in [1.165, 1.54) is 0 Å². The number of nitrogens with one attached hydrogen (secondary N) is 1. The van der Waals surface area contributed by atoms with Crippen LogP contribution in [0.3, 0.4) is 0 Å². The molecule has 1 aliphatic heterocycles. The van der Waals surface area contributed by atoms with Crippen molar-refractivity contribution in [2.45, 2.75) is 18.9 Å². The number of amides is 1. The molecule has 0 aromatic heterocycles. The van der Waals surface area contributed by atoms with Crippen LogP contribution in [0.25, 0.3) is 0 Å². The van der Waals surface area contributed by atoms with Gasteiger partial charge in [0, 0.05) is 24.8 Å². The fraction of sp³-hybridized carbons (Fsp3) is 0.316. The molecule has 2 aromatic carbocycles. The van der Waals surface area contributed by atoms with Crippen LogP contribution in [0.2, 0.25) is 10.0 Å². The number of ether oxygens (including phenoxy) is 1. The van der Waals surface area contributed by atoms with Crippen molar-refractivity contribution in [3.05, 3.63) is 58.1 Å². The zero-order valence-corrected chi connectivity index (χ0v) is 15.5. The van der Waals surface area contributed by atoms with Gasteiger partial charge in [-0.3, -0.25) is 4.79 Å². The molecular weight excluding hydrogens is 359 g/mol. The zero-order chi connectivity index (χ0) is 17.8. The van der Waals surface area contributed by atoms with Crippen LogP contribution < -0.4 is 10.1 Å². The van der Waals surface area contributed by atoms with Gasteiger partial charge in [0.15, 0.2) is 0 Å². The second-order valence-electron chi connectivity index (χ2n) is 6.20. The standard InChI is InChI=1S/C19H20Cl2N2O2/c1-23-10-8-14(9-11-23)25-15-5-2-4-13(12-15)22-19(24)18-16(20)6-3-7-17(18)21/h2-7,12,14H,8-11H2,1H3,(H,22,24). The SMILES string of the molecule is CN1CCC(Oc2cccc(NC(=O)c3c(Cl)cccc3Cl)c2)CC1. The normalized spacial score (nSPS) is 15.8. The number of anilines is 1. The van der Waals surface area contributed by atoms with E-state index >= 15 is 0 Å². The number of nitrogens with zero attached hydrogens (tertiary/aromatic N) is 1. The van der Waals surface area contributed by atoms with Crippen molar-refractivity contribution in [2.24, 2.45) is 0 Å². The molecule has 0 atom stereocenters. The number of hydrogen-bond donors (Lipinski definition) is 1. The van der Waals surface area contributed by atoms with Gasteiger partial charge in [0.1, 0.15) is 11.9 Å². The first kappa shape index (κ1) is 18.1. The molecule has 2 aromatic rings. The quantitative estimate of drug-likeness (QED) is 0.836. The number of rotatable bonds is 4. The van der Waals surface area contributed by atoms with Gasteiger partial charge in [0.2, 0.25) is 0 Å². The van der Waals surface area contributed by atoms with Crippen molar-refractivity contribution >= 4 is 34.8 Å². The molecule has 1 saturated heterocycles. The zero-order valence-electron chi connectivity index (χ0n) is 14.0. The highest BCUT2D eigenvalue weighted by molar-refractivity contribution is 6.40. The summed E-state index contributed by atoms with van der Waals surface area (Å²) < 4.78 is 6.05. The molecule has 0 bridgehead atoms. The maximum Gasteiger partial charge on any atom is 0.258 e. The maximum absolute atomic E-state index is 12.5. The molecule has 1 heterocycles. The average Bonchev–Trinajstić information content (AvgIpc) is 2.57. The first-order valence-electron chi connectivity index (χ1n) is 8.23. The summed E-state index contributed by atoms with van der Waals surface area (Å²) in [6, 6.07) is 12.4. The third kappa shape index (κ3) is 4.66. The van der Waals surface area contributed by atoms with E-state index in [-0.39, 0.29) is 17.6 Å². The molecule has 1 aliphatic rings. The Labute approximate surface area is 157 Å². The van der Waals surface area contributed by atoms with Gasteiger partial charge < -0.3 is 15.0 Å². The second-order valence-corrected chi connectivity index (χ2v) is 7.01. The number of halogens is 2. The van der Waals surface area contributed by atoms with Crippen LogP contribution in [0, 0.1) is 0 Å². The molecule has 1 amide bonds. The molecule has 0 saturated carbocycles. The summed E-state index contributed by atoms with van der Waals surface area (Å²) in [4.78, 5) is 14.8. The molecule has 0 unspecified atom stereocenters. The second kappa shape index (κ2) is 8.09. The van der Waals surface area contributed by atoms with Gasteiger partial charge in [-0.15, -0.1) is 0 Å². The Bertz CT molecular complexity index is 739. The lowest BCUT2D eigenvalue weighted by atomic mass is 10.1. The van der Waals surface area contributed by atoms with Crippen molar-refractivity contribution in [1.29, 1.82) is 0 Å². The minimum Gasteiger partial charge on any atom is -0.490 e. The minimum absolute atomic E-state index is 0.208. The molecule has 1 fully saturated rings. The van der Waals surface area contributed by atoms with Crippen molar-refractivity contribution in [3.8, 4) is 5.75 Å². The Morgan fingerprint density at radius 3 is 2.44 bits per heavy atom. The first-order chi connectivity index (χ1) is 12.0. The van der Waals surface area contributed by atoms with E-state index in [2.05, 4.69) is 17.3 Å². The topological polar surface area (TPSA) is 41.6 Å². The molecule has 4 nitrogen and oxygen atoms in total. The summed E-state index contributed by atoms with van der Waals surface area (Å²) in [6.07, 6.45) is 2.21. The van der Waals surface area contributed by atoms with Gasteiger partial charge in [0.25, 0.3) is 5.91 Å². The van der Waals surface area contributed by atoms with E-state index in [1.54, 1.807) is 18.2 Å². The Hall–Kier alpha value is -1.75. The van der Waals surface area contributed by atoms with E-state index in [1.807, 2.05) is 24.3 Å². The molecule has 0 radical (unpaired) electrons. The average molecular weight is 379 g/mol. The van der Waals surface area contributed by atoms with E-state index < -0.39 is 0 Å². The van der Waals surface area contributed by atoms with Gasteiger partial charge in [-0.05, 0) is 44.2 Å². The largest absolute Gasteiger partial charge is 0.490 e. The van der Waals surface area contributed by atoms with Gasteiger partial charge in [0.05, 0.1) is 15.6 Å². The van der Waals surface area contributed by atoms with Gasteiger partial charge >= 0.3 is 0 Å². The Morgan fingerprint density at radius 1 is 1.12 bits per heavy atom. The van der Waals surface area contributed by atoms with Crippen molar-refractivity contribution in [3.63, 3.8) is 0 Å². The third-order valence-corrected chi connectivity index (χ3v) is 4.88. The summed E-state index contributed by atoms with van der Waals surface area (Å²) in [5.41, 5.74) is 0.916. The lowest BCUT2D eigenvalue weighted by Crippen LogP contribution is -2.35. The van der Waals surface area contributed by atoms with Crippen LogP contribution in [0.5, 0.6) is 5.75 Å². The molecule has 0 spiro atoms. The highest BCUT2D eigenvalue weighted by atomic mass is 35.5. The number of likely N-dealkylation sites (tertiary alicyclic amines) is 1. The predicted molar refractivity (Wildman–Crippen MR) is 102 cm³/mol. The van der Waals surface area contributed by atoms with Gasteiger partial charge in [-0.1, -0.05) is 35.3 Å². The fourth-order valence-electron chi connectivity index (χ4n) is 2.85. The van der Waals surface area contributed by atoms with Crippen LogP contribution in [-0.2, 0) is 0 Å².